The molecule has 0 radical (unpaired) electrons. The molecule has 1 aromatic carbocycles. The number of hydrogen-bond acceptors (Lipinski definition) is 6. The third kappa shape index (κ3) is 2.82. The van der Waals surface area contributed by atoms with Gasteiger partial charge in [0.1, 0.15) is 5.51 Å². The summed E-state index contributed by atoms with van der Waals surface area (Å²) >= 11 is 2.84. The molecule has 0 spiro atoms. The molecule has 17 heavy (non-hydrogen) atoms. The van der Waals surface area contributed by atoms with E-state index in [1.807, 2.05) is 0 Å². The molecule has 0 aliphatic rings. The minimum Gasteiger partial charge on any atom is -0.389 e. The number of hydrogen-bond donors (Lipinski definition) is 1. The van der Waals surface area contributed by atoms with Gasteiger partial charge in [-0.25, -0.2) is 0 Å². The normalized spacial score (nSPS) is 12.1. The number of nitrogens with zero attached hydrogens (tertiary/aromatic N) is 3. The highest BCUT2D eigenvalue weighted by Gasteiger charge is 2.11. The Labute approximate surface area is 107 Å². The van der Waals surface area contributed by atoms with Crippen LogP contribution in [0.25, 0.3) is 0 Å². The Morgan fingerprint density at radius 1 is 1.53 bits per heavy atom. The fraction of sp³-hybridized carbons (Fsp3) is 0.182. The van der Waals surface area contributed by atoms with Crippen LogP contribution in [0.2, 0.25) is 0 Å². The minimum absolute atomic E-state index is 0.571. The average Bonchev–Trinajstić information content (AvgIpc) is 2.81. The van der Waals surface area contributed by atoms with Crippen molar-refractivity contribution in [3.8, 4) is 6.07 Å². The fourth-order valence-corrected chi connectivity index (χ4v) is 3.03. The van der Waals surface area contributed by atoms with Crippen LogP contribution in [0.1, 0.15) is 24.2 Å². The lowest BCUT2D eigenvalue weighted by Gasteiger charge is -2.10. The lowest BCUT2D eigenvalue weighted by atomic mass is 10.1. The number of benzene rings is 1. The van der Waals surface area contributed by atoms with E-state index in [0.29, 0.717) is 5.56 Å². The maximum Gasteiger partial charge on any atom is 0.178 e. The summed E-state index contributed by atoms with van der Waals surface area (Å²) < 4.78 is 0.794. The molecule has 1 atom stereocenters. The van der Waals surface area contributed by atoms with E-state index >= 15 is 0 Å². The molecule has 0 aliphatic heterocycles. The van der Waals surface area contributed by atoms with Crippen molar-refractivity contribution in [1.29, 1.82) is 5.26 Å². The first-order valence-electron chi connectivity index (χ1n) is 4.87. The summed E-state index contributed by atoms with van der Waals surface area (Å²) in [5.74, 6) is 0. The third-order valence-corrected chi connectivity index (χ3v) is 3.98. The molecule has 0 saturated heterocycles. The quantitative estimate of drug-likeness (QED) is 0.921. The summed E-state index contributed by atoms with van der Waals surface area (Å²) in [6.07, 6.45) is -0.571. The molecule has 0 aliphatic carbocycles. The highest BCUT2D eigenvalue weighted by molar-refractivity contribution is 8.01. The Hall–Kier alpha value is -1.42. The Morgan fingerprint density at radius 2 is 2.35 bits per heavy atom. The van der Waals surface area contributed by atoms with E-state index in [-0.39, 0.29) is 0 Å². The fourth-order valence-electron chi connectivity index (χ4n) is 1.34. The molecule has 86 valence electrons. The van der Waals surface area contributed by atoms with Crippen LogP contribution in [0.15, 0.2) is 32.9 Å². The van der Waals surface area contributed by atoms with Crippen molar-refractivity contribution in [2.75, 3.05) is 0 Å². The van der Waals surface area contributed by atoms with Crippen molar-refractivity contribution in [2.24, 2.45) is 0 Å². The van der Waals surface area contributed by atoms with Gasteiger partial charge >= 0.3 is 0 Å². The number of aliphatic hydroxyl groups excluding tert-OH is 1. The maximum absolute atomic E-state index is 9.67. The first-order chi connectivity index (χ1) is 8.20. The minimum atomic E-state index is -0.571. The predicted molar refractivity (Wildman–Crippen MR) is 65.8 cm³/mol. The molecule has 0 bridgehead atoms. The van der Waals surface area contributed by atoms with Gasteiger partial charge in [-0.1, -0.05) is 29.2 Å². The largest absolute Gasteiger partial charge is 0.389 e. The monoisotopic (exact) mass is 263 g/mol. The van der Waals surface area contributed by atoms with Crippen molar-refractivity contribution >= 4 is 23.1 Å². The SMILES string of the molecule is C[C@H](O)c1ccc(C#N)cc1Sc1nncs1. The molecule has 2 aromatic rings. The Balaban J connectivity index is 2.39. The van der Waals surface area contributed by atoms with Crippen molar-refractivity contribution in [3.63, 3.8) is 0 Å². The first-order valence-corrected chi connectivity index (χ1v) is 6.56. The molecule has 1 N–H and O–H groups in total. The molecule has 6 heteroatoms. The summed E-state index contributed by atoms with van der Waals surface area (Å²) in [4.78, 5) is 0.843. The van der Waals surface area contributed by atoms with E-state index in [1.54, 1.807) is 30.6 Å². The molecule has 1 aromatic heterocycles. The zero-order valence-corrected chi connectivity index (χ0v) is 10.6. The number of aromatic nitrogens is 2. The lowest BCUT2D eigenvalue weighted by molar-refractivity contribution is 0.196. The second-order valence-corrected chi connectivity index (χ2v) is 5.47. The summed E-state index contributed by atoms with van der Waals surface area (Å²) in [7, 11) is 0. The smallest absolute Gasteiger partial charge is 0.178 e. The van der Waals surface area contributed by atoms with Crippen molar-refractivity contribution < 1.29 is 5.11 Å². The number of nitriles is 1. The molecule has 4 nitrogen and oxygen atoms in total. The average molecular weight is 263 g/mol. The van der Waals surface area contributed by atoms with Gasteiger partial charge in [0.15, 0.2) is 4.34 Å². The molecular formula is C11H9N3OS2. The zero-order chi connectivity index (χ0) is 12.3. The molecular weight excluding hydrogens is 254 g/mol. The van der Waals surface area contributed by atoms with E-state index in [4.69, 9.17) is 5.26 Å². The van der Waals surface area contributed by atoms with Crippen LogP contribution in [0, 0.1) is 11.3 Å². The van der Waals surface area contributed by atoms with E-state index in [2.05, 4.69) is 16.3 Å². The van der Waals surface area contributed by atoms with Crippen LogP contribution in [-0.4, -0.2) is 15.3 Å². The zero-order valence-electron chi connectivity index (χ0n) is 8.99. The summed E-state index contributed by atoms with van der Waals surface area (Å²) in [5.41, 5.74) is 3.02. The van der Waals surface area contributed by atoms with Gasteiger partial charge in [-0.05, 0) is 24.6 Å². The molecule has 0 amide bonds. The molecule has 0 unspecified atom stereocenters. The van der Waals surface area contributed by atoms with Gasteiger partial charge in [0.05, 0.1) is 17.7 Å². The van der Waals surface area contributed by atoms with Crippen LogP contribution in [0.4, 0.5) is 0 Å². The van der Waals surface area contributed by atoms with Gasteiger partial charge in [-0.15, -0.1) is 10.2 Å². The molecule has 2 rings (SSSR count). The standard InChI is InChI=1S/C11H9N3OS2/c1-7(15)9-3-2-8(5-12)4-10(9)17-11-14-13-6-16-11/h2-4,6-7,15H,1H3/t7-/m0/s1. The first kappa shape index (κ1) is 12.0. The van der Waals surface area contributed by atoms with Gasteiger partial charge in [-0.3, -0.25) is 0 Å². The second kappa shape index (κ2) is 5.27. The van der Waals surface area contributed by atoms with Gasteiger partial charge < -0.3 is 5.11 Å². The van der Waals surface area contributed by atoms with Gasteiger partial charge in [-0.2, -0.15) is 5.26 Å². The van der Waals surface area contributed by atoms with Crippen LogP contribution >= 0.6 is 23.1 Å². The highest BCUT2D eigenvalue weighted by atomic mass is 32.2. The van der Waals surface area contributed by atoms with E-state index in [0.717, 1.165) is 14.8 Å². The highest BCUT2D eigenvalue weighted by Crippen LogP contribution is 2.34. The van der Waals surface area contributed by atoms with Crippen molar-refractivity contribution in [1.82, 2.24) is 10.2 Å². The van der Waals surface area contributed by atoms with Crippen LogP contribution < -0.4 is 0 Å². The summed E-state index contributed by atoms with van der Waals surface area (Å²) in [6.45, 7) is 1.70. The summed E-state index contributed by atoms with van der Waals surface area (Å²) in [5, 5.41) is 26.2. The number of aliphatic hydroxyl groups is 1. The number of rotatable bonds is 3. The topological polar surface area (TPSA) is 69.8 Å². The molecule has 0 fully saturated rings. The second-order valence-electron chi connectivity index (χ2n) is 3.35. The molecule has 0 saturated carbocycles. The third-order valence-electron chi connectivity index (χ3n) is 2.13. The van der Waals surface area contributed by atoms with E-state index < -0.39 is 6.10 Å². The maximum atomic E-state index is 9.67. The van der Waals surface area contributed by atoms with Gasteiger partial charge in [0.25, 0.3) is 0 Å². The Bertz CT molecular complexity index is 546. The lowest BCUT2D eigenvalue weighted by Crippen LogP contribution is -1.94. The Morgan fingerprint density at radius 3 is 2.94 bits per heavy atom. The van der Waals surface area contributed by atoms with Crippen LogP contribution in [-0.2, 0) is 0 Å². The Kier molecular flexibility index (Phi) is 3.74. The van der Waals surface area contributed by atoms with Crippen LogP contribution in [0.3, 0.4) is 0 Å². The van der Waals surface area contributed by atoms with Gasteiger partial charge in [0, 0.05) is 4.90 Å². The van der Waals surface area contributed by atoms with E-state index in [9.17, 15) is 5.11 Å². The van der Waals surface area contributed by atoms with Crippen molar-refractivity contribution in [3.05, 3.63) is 34.8 Å². The molecule has 1 heterocycles. The predicted octanol–water partition coefficient (Wildman–Crippen LogP) is 2.61. The van der Waals surface area contributed by atoms with Crippen molar-refractivity contribution in [2.45, 2.75) is 22.3 Å². The van der Waals surface area contributed by atoms with Gasteiger partial charge in [0.2, 0.25) is 0 Å². The summed E-state index contributed by atoms with van der Waals surface area (Å²) in [6, 6.07) is 7.31. The van der Waals surface area contributed by atoms with Crippen LogP contribution in [0.5, 0.6) is 0 Å². The van der Waals surface area contributed by atoms with E-state index in [1.165, 1.54) is 23.1 Å².